The Kier molecular flexibility index (Phi) is 9.32. The fraction of sp³-hybridized carbons (Fsp3) is 0. The molecule has 0 atom stereocenters. The van der Waals surface area contributed by atoms with E-state index in [0.29, 0.717) is 11.5 Å². The summed E-state index contributed by atoms with van der Waals surface area (Å²) in [6.07, 6.45) is 0. The van der Waals surface area contributed by atoms with Crippen molar-refractivity contribution in [3.05, 3.63) is 60.7 Å². The van der Waals surface area contributed by atoms with Crippen molar-refractivity contribution in [1.82, 2.24) is 0 Å². The van der Waals surface area contributed by atoms with Crippen molar-refractivity contribution in [3.8, 4) is 11.5 Å². The molecule has 0 saturated heterocycles. The average Bonchev–Trinajstić information content (AvgIpc) is 2.33. The van der Waals surface area contributed by atoms with Crippen LogP contribution in [-0.2, 0) is 0 Å². The van der Waals surface area contributed by atoms with Gasteiger partial charge in [-0.3, -0.25) is 0 Å². The Morgan fingerprint density at radius 2 is 0.824 bits per heavy atom. The van der Waals surface area contributed by atoms with E-state index in [1.54, 1.807) is 48.5 Å². The van der Waals surface area contributed by atoms with Crippen LogP contribution < -0.4 is 0 Å². The van der Waals surface area contributed by atoms with Gasteiger partial charge in [-0.25, -0.2) is 0 Å². The van der Waals surface area contributed by atoms with Gasteiger partial charge in [0.2, 0.25) is 0 Å². The van der Waals surface area contributed by atoms with Gasteiger partial charge in [0, 0.05) is 0 Å². The Bertz CT molecular complexity index is 329. The first-order valence-corrected chi connectivity index (χ1v) is 4.90. The normalized spacial score (nSPS) is 7.88. The van der Waals surface area contributed by atoms with Crippen molar-refractivity contribution >= 4 is 7.69 Å². The van der Waals surface area contributed by atoms with E-state index >= 15 is 0 Å². The summed E-state index contributed by atoms with van der Waals surface area (Å²) in [5.74, 6) is 0.644. The topological polar surface area (TPSA) is 80.9 Å². The number of benzene rings is 2. The fourth-order valence-corrected chi connectivity index (χ4v) is 0.856. The smallest absolute Gasteiger partial charge is 0.432 e. The largest absolute Gasteiger partial charge is 0.508 e. The number of phenolic OH excluding ortho intramolecular Hbond substituents is 2. The third kappa shape index (κ3) is 10.3. The van der Waals surface area contributed by atoms with Gasteiger partial charge in [-0.15, -0.1) is 0 Å². The minimum atomic E-state index is -0.750. The number of aromatic hydroxyl groups is 2. The van der Waals surface area contributed by atoms with Crippen LogP contribution in [0, 0.1) is 0 Å². The third-order valence-electron chi connectivity index (χ3n) is 1.51. The molecule has 0 radical (unpaired) electrons. The molecule has 2 rings (SSSR count). The minimum absolute atomic E-state index is 0.322. The van der Waals surface area contributed by atoms with Crippen LogP contribution in [0.25, 0.3) is 0 Å². The Balaban J connectivity index is 0.000000247. The highest BCUT2D eigenvalue weighted by atomic mass is 16.4. The van der Waals surface area contributed by atoms with Crippen LogP contribution >= 0.6 is 0 Å². The van der Waals surface area contributed by atoms with Gasteiger partial charge in [-0.1, -0.05) is 36.4 Å². The highest BCUT2D eigenvalue weighted by Gasteiger charge is 1.75. The third-order valence-corrected chi connectivity index (χ3v) is 1.51. The average molecular weight is 234 g/mol. The molecule has 0 bridgehead atoms. The highest BCUT2D eigenvalue weighted by Crippen LogP contribution is 2.03. The summed E-state index contributed by atoms with van der Waals surface area (Å²) in [6.45, 7) is 0. The lowest BCUT2D eigenvalue weighted by atomic mass is 10.3. The van der Waals surface area contributed by atoms with Gasteiger partial charge in [0.25, 0.3) is 0 Å². The van der Waals surface area contributed by atoms with Crippen LogP contribution in [0.3, 0.4) is 0 Å². The van der Waals surface area contributed by atoms with Crippen LogP contribution in [0.4, 0.5) is 0 Å². The zero-order valence-electron chi connectivity index (χ0n) is 9.27. The van der Waals surface area contributed by atoms with Crippen LogP contribution in [0.1, 0.15) is 0 Å². The number of para-hydroxylation sites is 2. The molecular formula is C12H15BO4. The molecule has 4 N–H and O–H groups in total. The first kappa shape index (κ1) is 15.0. The van der Waals surface area contributed by atoms with E-state index in [4.69, 9.17) is 20.3 Å². The van der Waals surface area contributed by atoms with Crippen molar-refractivity contribution in [2.45, 2.75) is 0 Å². The molecule has 0 aliphatic carbocycles. The van der Waals surface area contributed by atoms with Crippen molar-refractivity contribution in [1.29, 1.82) is 0 Å². The van der Waals surface area contributed by atoms with E-state index in [0.717, 1.165) is 0 Å². The molecule has 0 aliphatic heterocycles. The van der Waals surface area contributed by atoms with E-state index < -0.39 is 7.69 Å². The van der Waals surface area contributed by atoms with E-state index in [-0.39, 0.29) is 0 Å². The molecule has 0 saturated carbocycles. The van der Waals surface area contributed by atoms with Gasteiger partial charge in [-0.2, -0.15) is 0 Å². The molecule has 5 heteroatoms. The molecule has 4 nitrogen and oxygen atoms in total. The molecule has 90 valence electrons. The highest BCUT2D eigenvalue weighted by molar-refractivity contribution is 6.13. The number of hydrogen-bond donors (Lipinski definition) is 4. The molecule has 2 aromatic carbocycles. The first-order valence-electron chi connectivity index (χ1n) is 4.90. The van der Waals surface area contributed by atoms with Gasteiger partial charge in [0.05, 0.1) is 0 Å². The molecule has 0 fully saturated rings. The number of hydrogen-bond acceptors (Lipinski definition) is 4. The predicted octanol–water partition coefficient (Wildman–Crippen LogP) is 1.02. The van der Waals surface area contributed by atoms with Crippen LogP contribution in [0.15, 0.2) is 60.7 Å². The van der Waals surface area contributed by atoms with E-state index in [2.05, 4.69) is 0 Å². The van der Waals surface area contributed by atoms with Crippen LogP contribution in [0.2, 0.25) is 0 Å². The SMILES string of the molecule is OBO.Oc1ccccc1.Oc1ccccc1. The predicted molar refractivity (Wildman–Crippen MR) is 67.8 cm³/mol. The molecule has 17 heavy (non-hydrogen) atoms. The zero-order valence-corrected chi connectivity index (χ0v) is 9.27. The van der Waals surface area contributed by atoms with E-state index in [1.165, 1.54) is 0 Å². The quantitative estimate of drug-likeness (QED) is 0.513. The Hall–Kier alpha value is -1.98. The van der Waals surface area contributed by atoms with Crippen molar-refractivity contribution in [2.24, 2.45) is 0 Å². The summed E-state index contributed by atoms with van der Waals surface area (Å²) in [4.78, 5) is 0. The molecule has 2 aromatic rings. The first-order chi connectivity index (χ1) is 8.20. The molecule has 0 heterocycles. The van der Waals surface area contributed by atoms with Gasteiger partial charge < -0.3 is 20.3 Å². The molecule has 0 amide bonds. The van der Waals surface area contributed by atoms with Crippen molar-refractivity contribution in [2.75, 3.05) is 0 Å². The second kappa shape index (κ2) is 10.5. The summed E-state index contributed by atoms with van der Waals surface area (Å²) >= 11 is 0. The van der Waals surface area contributed by atoms with Gasteiger partial charge in [0.1, 0.15) is 11.5 Å². The van der Waals surface area contributed by atoms with E-state index in [9.17, 15) is 0 Å². The lowest BCUT2D eigenvalue weighted by Crippen LogP contribution is -1.75. The Morgan fingerprint density at radius 1 is 0.588 bits per heavy atom. The second-order valence-corrected chi connectivity index (χ2v) is 2.81. The molecule has 0 unspecified atom stereocenters. The Labute approximate surface area is 101 Å². The van der Waals surface area contributed by atoms with Gasteiger partial charge >= 0.3 is 7.69 Å². The fourth-order valence-electron chi connectivity index (χ4n) is 0.856. The van der Waals surface area contributed by atoms with Crippen LogP contribution in [0.5, 0.6) is 11.5 Å². The second-order valence-electron chi connectivity index (χ2n) is 2.81. The summed E-state index contributed by atoms with van der Waals surface area (Å²) in [5, 5.41) is 31.5. The molecule has 0 aromatic heterocycles. The minimum Gasteiger partial charge on any atom is -0.508 e. The lowest BCUT2D eigenvalue weighted by molar-refractivity contribution is 0.448. The lowest BCUT2D eigenvalue weighted by Gasteiger charge is -1.82. The maximum atomic E-state index is 8.63. The summed E-state index contributed by atoms with van der Waals surface area (Å²) in [5.41, 5.74) is 0. The zero-order chi connectivity index (χ0) is 12.9. The van der Waals surface area contributed by atoms with Gasteiger partial charge in [0.15, 0.2) is 0 Å². The molecular weight excluding hydrogens is 219 g/mol. The monoisotopic (exact) mass is 234 g/mol. The number of phenols is 2. The van der Waals surface area contributed by atoms with Crippen molar-refractivity contribution in [3.63, 3.8) is 0 Å². The summed E-state index contributed by atoms with van der Waals surface area (Å²) in [7, 11) is -0.750. The molecule has 0 spiro atoms. The molecule has 0 aliphatic rings. The number of rotatable bonds is 0. The van der Waals surface area contributed by atoms with Crippen LogP contribution in [-0.4, -0.2) is 27.9 Å². The van der Waals surface area contributed by atoms with Gasteiger partial charge in [-0.05, 0) is 24.3 Å². The summed E-state index contributed by atoms with van der Waals surface area (Å²) in [6, 6.07) is 17.4. The standard InChI is InChI=1S/2C6H6O.BH3O2/c2*7-6-4-2-1-3-5-6;2-1-3/h2*1-5,7H;1-3H. The summed E-state index contributed by atoms with van der Waals surface area (Å²) < 4.78 is 0. The maximum Gasteiger partial charge on any atom is 0.432 e. The van der Waals surface area contributed by atoms with E-state index in [1.807, 2.05) is 12.1 Å². The Morgan fingerprint density at radius 3 is 0.941 bits per heavy atom. The van der Waals surface area contributed by atoms with Crippen molar-refractivity contribution < 1.29 is 20.3 Å². The maximum absolute atomic E-state index is 8.63.